The average molecular weight is 199 g/mol. The largest absolute Gasteiger partial charge is 0.262 e. The molecule has 4 heteroatoms. The summed E-state index contributed by atoms with van der Waals surface area (Å²) in [5.74, 6) is 0. The smallest absolute Gasteiger partial charge is 0.129 e. The van der Waals surface area contributed by atoms with E-state index in [-0.39, 0.29) is 0 Å². The van der Waals surface area contributed by atoms with Crippen LogP contribution in [0.2, 0.25) is 10.2 Å². The molecule has 0 radical (unpaired) electrons. The van der Waals surface area contributed by atoms with Gasteiger partial charge in [0.25, 0.3) is 0 Å². The molecule has 0 bridgehead atoms. The van der Waals surface area contributed by atoms with E-state index in [1.54, 1.807) is 24.7 Å². The molecule has 0 N–H and O–H groups in total. The third kappa shape index (κ3) is 1.24. The van der Waals surface area contributed by atoms with Crippen LogP contribution >= 0.6 is 23.2 Å². The van der Waals surface area contributed by atoms with E-state index in [0.717, 1.165) is 10.8 Å². The van der Waals surface area contributed by atoms with Gasteiger partial charge >= 0.3 is 0 Å². The van der Waals surface area contributed by atoms with E-state index in [0.29, 0.717) is 10.2 Å². The van der Waals surface area contributed by atoms with Crippen LogP contribution in [0.25, 0.3) is 10.8 Å². The molecule has 2 heterocycles. The minimum atomic E-state index is 0.440. The Labute approximate surface area is 79.2 Å². The van der Waals surface area contributed by atoms with Gasteiger partial charge in [-0.25, -0.2) is 4.98 Å². The summed E-state index contributed by atoms with van der Waals surface area (Å²) in [5, 5.41) is 2.81. The first kappa shape index (κ1) is 7.77. The van der Waals surface area contributed by atoms with Gasteiger partial charge in [0, 0.05) is 29.4 Å². The van der Waals surface area contributed by atoms with E-state index < -0.39 is 0 Å². The Morgan fingerprint density at radius 3 is 2.75 bits per heavy atom. The van der Waals surface area contributed by atoms with Crippen molar-refractivity contribution in [1.29, 1.82) is 0 Å². The fourth-order valence-corrected chi connectivity index (χ4v) is 1.38. The average Bonchev–Trinajstić information content (AvgIpc) is 2.07. The van der Waals surface area contributed by atoms with E-state index in [4.69, 9.17) is 23.2 Å². The summed E-state index contributed by atoms with van der Waals surface area (Å²) >= 11 is 11.6. The van der Waals surface area contributed by atoms with Crippen molar-refractivity contribution >= 4 is 34.0 Å². The minimum absolute atomic E-state index is 0.440. The monoisotopic (exact) mass is 198 g/mol. The van der Waals surface area contributed by atoms with Crippen molar-refractivity contribution in [3.8, 4) is 0 Å². The second-order valence-electron chi connectivity index (χ2n) is 2.35. The molecule has 60 valence electrons. The van der Waals surface area contributed by atoms with E-state index in [2.05, 4.69) is 9.97 Å². The number of nitrogens with zero attached hydrogens (tertiary/aromatic N) is 2. The zero-order valence-electron chi connectivity index (χ0n) is 5.96. The van der Waals surface area contributed by atoms with Gasteiger partial charge in [-0.2, -0.15) is 0 Å². The van der Waals surface area contributed by atoms with Crippen molar-refractivity contribution in [3.05, 3.63) is 34.8 Å². The van der Waals surface area contributed by atoms with Gasteiger partial charge in [0.15, 0.2) is 0 Å². The summed E-state index contributed by atoms with van der Waals surface area (Å²) < 4.78 is 0. The zero-order valence-corrected chi connectivity index (χ0v) is 7.47. The first-order chi connectivity index (χ1) is 5.77. The number of hydrogen-bond acceptors (Lipinski definition) is 2. The van der Waals surface area contributed by atoms with Gasteiger partial charge in [0.1, 0.15) is 5.15 Å². The SMILES string of the molecule is Clc1cc2c(Cl)cncc2cn1. The second-order valence-corrected chi connectivity index (χ2v) is 3.14. The van der Waals surface area contributed by atoms with Gasteiger partial charge in [-0.15, -0.1) is 0 Å². The van der Waals surface area contributed by atoms with Gasteiger partial charge in [0.05, 0.1) is 5.02 Å². The van der Waals surface area contributed by atoms with Crippen LogP contribution in [0, 0.1) is 0 Å². The molecule has 0 spiro atoms. The molecule has 2 rings (SSSR count). The predicted octanol–water partition coefficient (Wildman–Crippen LogP) is 2.94. The molecule has 0 atom stereocenters. The summed E-state index contributed by atoms with van der Waals surface area (Å²) in [6.07, 6.45) is 4.93. The first-order valence-electron chi connectivity index (χ1n) is 3.32. The Kier molecular flexibility index (Phi) is 1.87. The number of aromatic nitrogens is 2. The van der Waals surface area contributed by atoms with Gasteiger partial charge in [-0.05, 0) is 6.07 Å². The normalized spacial score (nSPS) is 10.5. The molecule has 0 aliphatic carbocycles. The highest BCUT2D eigenvalue weighted by Crippen LogP contribution is 2.22. The Bertz CT molecular complexity index is 428. The highest BCUT2D eigenvalue weighted by atomic mass is 35.5. The minimum Gasteiger partial charge on any atom is -0.262 e. The summed E-state index contributed by atoms with van der Waals surface area (Å²) in [5.41, 5.74) is 0. The molecular formula is C8H4Cl2N2. The molecule has 0 saturated heterocycles. The Hall–Kier alpha value is -0.860. The first-order valence-corrected chi connectivity index (χ1v) is 4.08. The molecule has 2 nitrogen and oxygen atoms in total. The second kappa shape index (κ2) is 2.88. The van der Waals surface area contributed by atoms with Crippen LogP contribution in [0.3, 0.4) is 0 Å². The molecule has 0 aliphatic heterocycles. The summed E-state index contributed by atoms with van der Waals surface area (Å²) in [6.45, 7) is 0. The lowest BCUT2D eigenvalue weighted by molar-refractivity contribution is 1.32. The summed E-state index contributed by atoms with van der Waals surface area (Å²) in [6, 6.07) is 1.72. The van der Waals surface area contributed by atoms with Crippen molar-refractivity contribution in [2.75, 3.05) is 0 Å². The topological polar surface area (TPSA) is 25.8 Å². The Morgan fingerprint density at radius 1 is 1.08 bits per heavy atom. The van der Waals surface area contributed by atoms with Crippen LogP contribution in [0.1, 0.15) is 0 Å². The maximum Gasteiger partial charge on any atom is 0.129 e. The third-order valence-corrected chi connectivity index (χ3v) is 2.07. The van der Waals surface area contributed by atoms with Crippen LogP contribution < -0.4 is 0 Å². The number of halogens is 2. The lowest BCUT2D eigenvalue weighted by Crippen LogP contribution is -1.80. The molecule has 0 aromatic carbocycles. The van der Waals surface area contributed by atoms with E-state index in [9.17, 15) is 0 Å². The Morgan fingerprint density at radius 2 is 1.92 bits per heavy atom. The fourth-order valence-electron chi connectivity index (χ4n) is 1.00. The third-order valence-electron chi connectivity index (χ3n) is 1.56. The van der Waals surface area contributed by atoms with E-state index in [1.807, 2.05) is 0 Å². The van der Waals surface area contributed by atoms with E-state index >= 15 is 0 Å². The summed E-state index contributed by atoms with van der Waals surface area (Å²) in [4.78, 5) is 7.84. The van der Waals surface area contributed by atoms with Crippen molar-refractivity contribution in [3.63, 3.8) is 0 Å². The molecule has 0 aliphatic rings. The van der Waals surface area contributed by atoms with Gasteiger partial charge in [-0.1, -0.05) is 23.2 Å². The van der Waals surface area contributed by atoms with Gasteiger partial charge in [0.2, 0.25) is 0 Å². The van der Waals surface area contributed by atoms with Crippen molar-refractivity contribution in [2.45, 2.75) is 0 Å². The van der Waals surface area contributed by atoms with Crippen molar-refractivity contribution in [2.24, 2.45) is 0 Å². The summed E-state index contributed by atoms with van der Waals surface area (Å²) in [7, 11) is 0. The molecule has 0 saturated carbocycles. The lowest BCUT2D eigenvalue weighted by atomic mass is 10.2. The molecular weight excluding hydrogens is 195 g/mol. The lowest BCUT2D eigenvalue weighted by Gasteiger charge is -1.98. The van der Waals surface area contributed by atoms with Gasteiger partial charge in [-0.3, -0.25) is 4.98 Å². The number of pyridine rings is 2. The van der Waals surface area contributed by atoms with Crippen molar-refractivity contribution in [1.82, 2.24) is 9.97 Å². The van der Waals surface area contributed by atoms with Crippen LogP contribution in [-0.4, -0.2) is 9.97 Å². The van der Waals surface area contributed by atoms with Crippen LogP contribution in [0.4, 0.5) is 0 Å². The molecule has 12 heavy (non-hydrogen) atoms. The number of hydrogen-bond donors (Lipinski definition) is 0. The van der Waals surface area contributed by atoms with Gasteiger partial charge < -0.3 is 0 Å². The molecule has 0 fully saturated rings. The molecule has 2 aromatic heterocycles. The van der Waals surface area contributed by atoms with Crippen molar-refractivity contribution < 1.29 is 0 Å². The predicted molar refractivity (Wildman–Crippen MR) is 49.6 cm³/mol. The van der Waals surface area contributed by atoms with Crippen LogP contribution in [0.15, 0.2) is 24.7 Å². The Balaban J connectivity index is 2.88. The van der Waals surface area contributed by atoms with Crippen LogP contribution in [-0.2, 0) is 0 Å². The molecule has 0 unspecified atom stereocenters. The number of rotatable bonds is 0. The van der Waals surface area contributed by atoms with Crippen LogP contribution in [0.5, 0.6) is 0 Å². The number of fused-ring (bicyclic) bond motifs is 1. The maximum absolute atomic E-state index is 5.88. The highest BCUT2D eigenvalue weighted by molar-refractivity contribution is 6.36. The molecule has 2 aromatic rings. The highest BCUT2D eigenvalue weighted by Gasteiger charge is 1.99. The van der Waals surface area contributed by atoms with E-state index in [1.165, 1.54) is 0 Å². The zero-order chi connectivity index (χ0) is 8.55. The quantitative estimate of drug-likeness (QED) is 0.609. The standard InChI is InChI=1S/C8H4Cl2N2/c9-7-4-11-2-5-3-12-8(10)1-6(5)7/h1-4H. The fraction of sp³-hybridized carbons (Fsp3) is 0. The maximum atomic E-state index is 5.88. The molecule has 0 amide bonds.